The Kier molecular flexibility index (Phi) is 10.2. The molecule has 10 heteroatoms. The minimum absolute atomic E-state index is 0.0641. The number of benzene rings is 1. The second kappa shape index (κ2) is 13.3. The fourth-order valence-electron chi connectivity index (χ4n) is 11.2. The van der Waals surface area contributed by atoms with E-state index in [9.17, 15) is 28.2 Å². The number of methoxy groups -OCH3 is 1. The van der Waals surface area contributed by atoms with Gasteiger partial charge >= 0.3 is 12.0 Å². The zero-order valence-electron chi connectivity index (χ0n) is 29.4. The van der Waals surface area contributed by atoms with E-state index in [2.05, 4.69) is 37.7 Å². The number of sulfonamides is 1. The lowest BCUT2D eigenvalue weighted by atomic mass is 9.41. The number of amides is 2. The number of aliphatic hydroxyl groups is 2. The highest BCUT2D eigenvalue weighted by Crippen LogP contribution is 2.69. The smallest absolute Gasteiger partial charge is 0.328 e. The van der Waals surface area contributed by atoms with Crippen molar-refractivity contribution >= 4 is 22.0 Å². The van der Waals surface area contributed by atoms with E-state index >= 15 is 0 Å². The second-order valence-corrected chi connectivity index (χ2v) is 18.1. The zero-order chi connectivity index (χ0) is 34.5. The summed E-state index contributed by atoms with van der Waals surface area (Å²) in [5, 5.41) is 25.3. The topological polar surface area (TPSA) is 142 Å². The normalized spacial score (nSPS) is 37.6. The lowest BCUT2D eigenvalue weighted by Crippen LogP contribution is -2.62. The van der Waals surface area contributed by atoms with Crippen LogP contribution in [0.1, 0.15) is 105 Å². The number of hydrogen-bond acceptors (Lipinski definition) is 7. The molecule has 47 heavy (non-hydrogen) atoms. The van der Waals surface area contributed by atoms with Gasteiger partial charge in [0.05, 0.1) is 29.6 Å². The molecule has 0 spiro atoms. The van der Waals surface area contributed by atoms with E-state index < -0.39 is 27.4 Å². The number of nitrogens with one attached hydrogen (secondary N) is 2. The van der Waals surface area contributed by atoms with Crippen molar-refractivity contribution in [3.63, 3.8) is 0 Å². The molecule has 4 aliphatic rings. The van der Waals surface area contributed by atoms with Crippen molar-refractivity contribution in [3.8, 4) is 0 Å². The predicted octanol–water partition coefficient (Wildman–Crippen LogP) is 5.78. The summed E-state index contributed by atoms with van der Waals surface area (Å²) < 4.78 is 32.8. The van der Waals surface area contributed by atoms with E-state index in [0.717, 1.165) is 57.8 Å². The number of carbonyl (C=O) groups is 2. The minimum atomic E-state index is -4.10. The Morgan fingerprint density at radius 1 is 1.00 bits per heavy atom. The molecule has 1 aromatic rings. The molecule has 4 saturated carbocycles. The highest BCUT2D eigenvalue weighted by atomic mass is 32.2. The predicted molar refractivity (Wildman–Crippen MR) is 181 cm³/mol. The van der Waals surface area contributed by atoms with E-state index in [1.165, 1.54) is 19.2 Å². The number of rotatable bonds is 9. The summed E-state index contributed by atoms with van der Waals surface area (Å²) in [6.45, 7) is 13.1. The van der Waals surface area contributed by atoms with Crippen LogP contribution in [0.15, 0.2) is 29.2 Å². The Morgan fingerprint density at radius 2 is 1.64 bits per heavy atom. The zero-order valence-corrected chi connectivity index (χ0v) is 30.2. The van der Waals surface area contributed by atoms with Gasteiger partial charge in [0, 0.05) is 6.54 Å². The van der Waals surface area contributed by atoms with E-state index in [0.29, 0.717) is 47.6 Å². The number of carbonyl (C=O) groups excluding carboxylic acids is 2. The van der Waals surface area contributed by atoms with Gasteiger partial charge in [-0.05, 0) is 135 Å². The van der Waals surface area contributed by atoms with Gasteiger partial charge in [-0.25, -0.2) is 17.9 Å². The molecule has 0 aliphatic heterocycles. The SMILES string of the molecule is CC[C@H]1[C@@H](O)[C@@H]2[C@H](CC[C@]3(C)[C@@H]([C@H](C)CCNC(=O)NS(=O)(=O)c4ccc(C(C)(C)C(=O)OC)cc4)CC[C@@H]23)[C@@]2(C)CC[C@@H](O)C[C@@H]12. The summed E-state index contributed by atoms with van der Waals surface area (Å²) >= 11 is 0. The molecule has 0 radical (unpaired) electrons. The average Bonchev–Trinajstić information content (AvgIpc) is 3.38. The standard InChI is InChI=1S/C37H58N2O7S/c1-8-26-30-21-24(40)15-18-37(30,6)29-16-19-36(5)27(13-14-28(36)31(29)32(26)41)22(2)17-20-38-34(43)39-47(44,45)25-11-9-23(10-12-25)35(3,4)33(42)46-7/h9-12,22,24,26-32,40-41H,8,13-21H2,1-7H3,(H2,38,39,43)/t22-,24-,26-,27-,28+,29+,30+,31+,32-,36-,37-/m1/s1. The van der Waals surface area contributed by atoms with Crippen LogP contribution < -0.4 is 10.0 Å². The number of aliphatic hydroxyl groups excluding tert-OH is 2. The molecule has 264 valence electrons. The van der Waals surface area contributed by atoms with Gasteiger partial charge in [-0.3, -0.25) is 4.79 Å². The summed E-state index contributed by atoms with van der Waals surface area (Å²) in [5.41, 5.74) is -0.0387. The summed E-state index contributed by atoms with van der Waals surface area (Å²) in [6.07, 6.45) is 8.35. The minimum Gasteiger partial charge on any atom is -0.468 e. The summed E-state index contributed by atoms with van der Waals surface area (Å²) in [4.78, 5) is 24.7. The number of ether oxygens (including phenoxy) is 1. The Morgan fingerprint density at radius 3 is 2.28 bits per heavy atom. The first-order valence-electron chi connectivity index (χ1n) is 17.9. The molecule has 5 rings (SSSR count). The number of esters is 1. The average molecular weight is 675 g/mol. The van der Waals surface area contributed by atoms with Gasteiger partial charge in [-0.2, -0.15) is 0 Å². The molecule has 0 saturated heterocycles. The van der Waals surface area contributed by atoms with Crippen molar-refractivity contribution in [2.45, 2.75) is 122 Å². The molecular weight excluding hydrogens is 616 g/mol. The monoisotopic (exact) mass is 674 g/mol. The molecule has 0 bridgehead atoms. The number of urea groups is 1. The first-order chi connectivity index (χ1) is 22.0. The van der Waals surface area contributed by atoms with Crippen LogP contribution in [-0.4, -0.2) is 56.5 Å². The molecule has 4 fully saturated rings. The fourth-order valence-corrected chi connectivity index (χ4v) is 12.1. The Bertz CT molecular complexity index is 1410. The van der Waals surface area contributed by atoms with Crippen LogP contribution in [-0.2, 0) is 25.0 Å². The molecule has 4 N–H and O–H groups in total. The first-order valence-corrected chi connectivity index (χ1v) is 19.3. The molecule has 2 amide bonds. The van der Waals surface area contributed by atoms with Gasteiger partial charge in [0.15, 0.2) is 0 Å². The van der Waals surface area contributed by atoms with Gasteiger partial charge in [0.25, 0.3) is 10.0 Å². The summed E-state index contributed by atoms with van der Waals surface area (Å²) in [7, 11) is -2.79. The molecular formula is C37H58N2O7S. The van der Waals surface area contributed by atoms with E-state index in [1.54, 1.807) is 26.0 Å². The molecule has 0 unspecified atom stereocenters. The van der Waals surface area contributed by atoms with Crippen LogP contribution in [0.5, 0.6) is 0 Å². The van der Waals surface area contributed by atoms with Gasteiger partial charge in [-0.1, -0.05) is 46.2 Å². The molecule has 4 aliphatic carbocycles. The maximum Gasteiger partial charge on any atom is 0.328 e. The Labute approximate surface area is 282 Å². The quantitative estimate of drug-likeness (QED) is 0.244. The van der Waals surface area contributed by atoms with Crippen LogP contribution in [0.4, 0.5) is 4.79 Å². The third kappa shape index (κ3) is 6.36. The van der Waals surface area contributed by atoms with Gasteiger partial charge in [0.1, 0.15) is 0 Å². The number of hydrogen-bond donors (Lipinski definition) is 4. The van der Waals surface area contributed by atoms with E-state index in [1.807, 2.05) is 0 Å². The third-order valence-corrected chi connectivity index (χ3v) is 15.2. The molecule has 11 atom stereocenters. The first kappa shape index (κ1) is 36.1. The van der Waals surface area contributed by atoms with Crippen LogP contribution in [0.2, 0.25) is 0 Å². The van der Waals surface area contributed by atoms with Crippen LogP contribution >= 0.6 is 0 Å². The number of fused-ring (bicyclic) bond motifs is 5. The second-order valence-electron chi connectivity index (χ2n) is 16.4. The van der Waals surface area contributed by atoms with Crippen molar-refractivity contribution in [2.24, 2.45) is 52.3 Å². The van der Waals surface area contributed by atoms with Crippen molar-refractivity contribution in [1.29, 1.82) is 0 Å². The maximum atomic E-state index is 12.9. The highest BCUT2D eigenvalue weighted by molar-refractivity contribution is 7.90. The van der Waals surface area contributed by atoms with Crippen molar-refractivity contribution < 1.29 is 33.0 Å². The molecule has 0 heterocycles. The Hall–Kier alpha value is -2.17. The lowest BCUT2D eigenvalue weighted by molar-refractivity contribution is -0.203. The van der Waals surface area contributed by atoms with Crippen LogP contribution in [0, 0.1) is 52.3 Å². The van der Waals surface area contributed by atoms with Gasteiger partial charge in [-0.15, -0.1) is 0 Å². The largest absolute Gasteiger partial charge is 0.468 e. The third-order valence-electron chi connectivity index (χ3n) is 13.8. The van der Waals surface area contributed by atoms with Crippen molar-refractivity contribution in [1.82, 2.24) is 10.0 Å². The summed E-state index contributed by atoms with van der Waals surface area (Å²) in [6, 6.07) is 5.12. The van der Waals surface area contributed by atoms with E-state index in [-0.39, 0.29) is 33.9 Å². The van der Waals surface area contributed by atoms with Crippen LogP contribution in [0.25, 0.3) is 0 Å². The molecule has 1 aromatic carbocycles. The van der Waals surface area contributed by atoms with E-state index in [4.69, 9.17) is 4.74 Å². The highest BCUT2D eigenvalue weighted by Gasteiger charge is 2.64. The van der Waals surface area contributed by atoms with Crippen molar-refractivity contribution in [2.75, 3.05) is 13.7 Å². The maximum absolute atomic E-state index is 12.9. The fraction of sp³-hybridized carbons (Fsp3) is 0.784. The van der Waals surface area contributed by atoms with Crippen molar-refractivity contribution in [3.05, 3.63) is 29.8 Å². The summed E-state index contributed by atoms with van der Waals surface area (Å²) in [5.74, 6) is 2.25. The molecule has 0 aromatic heterocycles. The van der Waals surface area contributed by atoms with Crippen LogP contribution in [0.3, 0.4) is 0 Å². The van der Waals surface area contributed by atoms with Gasteiger partial charge in [0.2, 0.25) is 0 Å². The Balaban J connectivity index is 1.18. The molecule has 9 nitrogen and oxygen atoms in total. The lowest BCUT2D eigenvalue weighted by Gasteiger charge is -2.64. The van der Waals surface area contributed by atoms with Gasteiger partial charge < -0.3 is 20.3 Å².